The van der Waals surface area contributed by atoms with Crippen LogP contribution in [-0.2, 0) is 10.0 Å². The largest absolute Gasteiger partial charge is 0.381 e. The summed E-state index contributed by atoms with van der Waals surface area (Å²) in [5.74, 6) is 0.484. The van der Waals surface area contributed by atoms with E-state index in [1.807, 2.05) is 14.1 Å². The predicted molar refractivity (Wildman–Crippen MR) is 83.5 cm³/mol. The van der Waals surface area contributed by atoms with Crippen molar-refractivity contribution in [3.8, 4) is 0 Å². The van der Waals surface area contributed by atoms with Crippen LogP contribution >= 0.6 is 0 Å². The van der Waals surface area contributed by atoms with Crippen molar-refractivity contribution in [3.63, 3.8) is 0 Å². The fraction of sp³-hybridized carbons (Fsp3) is 0.571. The van der Waals surface area contributed by atoms with Gasteiger partial charge >= 0.3 is 0 Å². The molecule has 0 fully saturated rings. The van der Waals surface area contributed by atoms with Crippen LogP contribution in [0.25, 0.3) is 0 Å². The summed E-state index contributed by atoms with van der Waals surface area (Å²) in [4.78, 5) is 2.41. The fourth-order valence-corrected chi connectivity index (χ4v) is 2.61. The Morgan fingerprint density at radius 3 is 2.10 bits per heavy atom. The van der Waals surface area contributed by atoms with Crippen LogP contribution < -0.4 is 10.0 Å². The molecule has 0 aromatic heterocycles. The number of rotatable bonds is 7. The normalized spacial score (nSPS) is 13.8. The maximum absolute atomic E-state index is 11.6. The Kier molecular flexibility index (Phi) is 5.98. The van der Waals surface area contributed by atoms with E-state index in [0.29, 0.717) is 12.0 Å². The van der Waals surface area contributed by atoms with Crippen molar-refractivity contribution in [2.45, 2.75) is 24.8 Å². The zero-order valence-electron chi connectivity index (χ0n) is 12.8. The molecule has 0 heterocycles. The zero-order chi connectivity index (χ0) is 15.3. The van der Waals surface area contributed by atoms with E-state index >= 15 is 0 Å². The number of nitrogens with zero attached hydrogens (tertiary/aromatic N) is 1. The van der Waals surface area contributed by atoms with Crippen molar-refractivity contribution in [3.05, 3.63) is 24.3 Å². The van der Waals surface area contributed by atoms with Crippen LogP contribution in [0.4, 0.5) is 5.69 Å². The molecule has 5 nitrogen and oxygen atoms in total. The maximum atomic E-state index is 11.6. The first-order chi connectivity index (χ1) is 9.26. The van der Waals surface area contributed by atoms with Gasteiger partial charge in [0.05, 0.1) is 4.90 Å². The summed E-state index contributed by atoms with van der Waals surface area (Å²) in [6, 6.07) is 7.14. The summed E-state index contributed by atoms with van der Waals surface area (Å²) < 4.78 is 25.6. The van der Waals surface area contributed by atoms with Gasteiger partial charge in [0.15, 0.2) is 0 Å². The fourth-order valence-electron chi connectivity index (χ4n) is 1.88. The van der Waals surface area contributed by atoms with E-state index in [0.717, 1.165) is 12.2 Å². The van der Waals surface area contributed by atoms with E-state index in [2.05, 4.69) is 28.8 Å². The van der Waals surface area contributed by atoms with Gasteiger partial charge in [-0.25, -0.2) is 13.1 Å². The molecule has 6 heteroatoms. The SMILES string of the molecule is CNS(=O)(=O)c1ccc(NC(CN(C)C)C(C)C)cc1. The molecule has 1 unspecified atom stereocenters. The summed E-state index contributed by atoms with van der Waals surface area (Å²) in [6.07, 6.45) is 0. The molecule has 0 aliphatic carbocycles. The number of sulfonamides is 1. The Bertz CT molecular complexity index is 510. The summed E-state index contributed by atoms with van der Waals surface area (Å²) in [7, 11) is 2.13. The Hall–Kier alpha value is -1.11. The van der Waals surface area contributed by atoms with Crippen molar-refractivity contribution >= 4 is 15.7 Å². The molecule has 20 heavy (non-hydrogen) atoms. The average molecular weight is 299 g/mol. The van der Waals surface area contributed by atoms with Crippen LogP contribution in [0, 0.1) is 5.92 Å². The third-order valence-corrected chi connectivity index (χ3v) is 4.58. The Labute approximate surface area is 122 Å². The van der Waals surface area contributed by atoms with E-state index in [4.69, 9.17) is 0 Å². The van der Waals surface area contributed by atoms with Crippen molar-refractivity contribution in [1.29, 1.82) is 0 Å². The lowest BCUT2D eigenvalue weighted by atomic mass is 10.0. The third kappa shape index (κ3) is 4.77. The quantitative estimate of drug-likeness (QED) is 0.803. The minimum Gasteiger partial charge on any atom is -0.381 e. The molecular formula is C14H25N3O2S. The molecule has 1 aromatic carbocycles. The molecule has 2 N–H and O–H groups in total. The van der Waals surface area contributed by atoms with Crippen LogP contribution in [0.2, 0.25) is 0 Å². The minimum atomic E-state index is -3.36. The second-order valence-corrected chi connectivity index (χ2v) is 7.38. The monoisotopic (exact) mass is 299 g/mol. The summed E-state index contributed by atoms with van der Waals surface area (Å²) in [6.45, 7) is 5.26. The second kappa shape index (κ2) is 7.06. The summed E-state index contributed by atoms with van der Waals surface area (Å²) in [5.41, 5.74) is 0.931. The summed E-state index contributed by atoms with van der Waals surface area (Å²) >= 11 is 0. The first kappa shape index (κ1) is 16.9. The highest BCUT2D eigenvalue weighted by Gasteiger charge is 2.15. The van der Waals surface area contributed by atoms with E-state index in [1.165, 1.54) is 7.05 Å². The molecular weight excluding hydrogens is 274 g/mol. The highest BCUT2D eigenvalue weighted by Crippen LogP contribution is 2.17. The first-order valence-corrected chi connectivity index (χ1v) is 8.19. The van der Waals surface area contributed by atoms with Crippen molar-refractivity contribution in [2.75, 3.05) is 33.0 Å². The Balaban J connectivity index is 2.83. The van der Waals surface area contributed by atoms with Crippen molar-refractivity contribution < 1.29 is 8.42 Å². The van der Waals surface area contributed by atoms with Crippen molar-refractivity contribution in [1.82, 2.24) is 9.62 Å². The average Bonchev–Trinajstić information content (AvgIpc) is 2.38. The van der Waals surface area contributed by atoms with Gasteiger partial charge in [0.1, 0.15) is 0 Å². The molecule has 1 aromatic rings. The maximum Gasteiger partial charge on any atom is 0.240 e. The smallest absolute Gasteiger partial charge is 0.240 e. The van der Waals surface area contributed by atoms with Gasteiger partial charge in [-0.15, -0.1) is 0 Å². The molecule has 1 rings (SSSR count). The number of benzene rings is 1. The molecule has 0 saturated carbocycles. The molecule has 0 saturated heterocycles. The lowest BCUT2D eigenvalue weighted by Gasteiger charge is -2.26. The van der Waals surface area contributed by atoms with Gasteiger partial charge in [0, 0.05) is 18.3 Å². The Morgan fingerprint density at radius 2 is 1.70 bits per heavy atom. The lowest BCUT2D eigenvalue weighted by molar-refractivity contribution is 0.344. The number of hydrogen-bond acceptors (Lipinski definition) is 4. The molecule has 114 valence electrons. The van der Waals surface area contributed by atoms with Crippen LogP contribution in [0.1, 0.15) is 13.8 Å². The molecule has 0 radical (unpaired) electrons. The van der Waals surface area contributed by atoms with Gasteiger partial charge < -0.3 is 10.2 Å². The standard InChI is InChI=1S/C14H25N3O2S/c1-11(2)14(10-17(4)5)16-12-6-8-13(9-7-12)20(18,19)15-3/h6-9,11,14-16H,10H2,1-5H3. The van der Waals surface area contributed by atoms with Crippen molar-refractivity contribution in [2.24, 2.45) is 5.92 Å². The van der Waals surface area contributed by atoms with E-state index in [1.54, 1.807) is 24.3 Å². The molecule has 0 aliphatic rings. The lowest BCUT2D eigenvalue weighted by Crippen LogP contribution is -2.36. The van der Waals surface area contributed by atoms with E-state index < -0.39 is 10.0 Å². The van der Waals surface area contributed by atoms with Gasteiger partial charge in [-0.1, -0.05) is 13.8 Å². The van der Waals surface area contributed by atoms with Crippen LogP contribution in [0.5, 0.6) is 0 Å². The second-order valence-electron chi connectivity index (χ2n) is 5.49. The number of hydrogen-bond donors (Lipinski definition) is 2. The highest BCUT2D eigenvalue weighted by molar-refractivity contribution is 7.89. The predicted octanol–water partition coefficient (Wildman–Crippen LogP) is 1.59. The van der Waals surface area contributed by atoms with Gasteiger partial charge in [-0.05, 0) is 51.3 Å². The van der Waals surface area contributed by atoms with Crippen LogP contribution in [0.15, 0.2) is 29.2 Å². The molecule has 0 amide bonds. The van der Waals surface area contributed by atoms with E-state index in [9.17, 15) is 8.42 Å². The third-order valence-electron chi connectivity index (χ3n) is 3.15. The molecule has 0 bridgehead atoms. The van der Waals surface area contributed by atoms with Gasteiger partial charge in [-0.2, -0.15) is 0 Å². The number of anilines is 1. The topological polar surface area (TPSA) is 61.4 Å². The minimum absolute atomic E-state index is 0.277. The highest BCUT2D eigenvalue weighted by atomic mass is 32.2. The zero-order valence-corrected chi connectivity index (χ0v) is 13.7. The molecule has 1 atom stereocenters. The van der Waals surface area contributed by atoms with Gasteiger partial charge in [0.25, 0.3) is 0 Å². The van der Waals surface area contributed by atoms with Gasteiger partial charge in [0.2, 0.25) is 10.0 Å². The number of nitrogens with one attached hydrogen (secondary N) is 2. The Morgan fingerprint density at radius 1 is 1.15 bits per heavy atom. The van der Waals surface area contributed by atoms with Crippen LogP contribution in [-0.4, -0.2) is 47.0 Å². The van der Waals surface area contributed by atoms with Gasteiger partial charge in [-0.3, -0.25) is 0 Å². The molecule has 0 spiro atoms. The van der Waals surface area contributed by atoms with Crippen LogP contribution in [0.3, 0.4) is 0 Å². The first-order valence-electron chi connectivity index (χ1n) is 6.71. The summed E-state index contributed by atoms with van der Waals surface area (Å²) in [5, 5.41) is 3.45. The van der Waals surface area contributed by atoms with E-state index in [-0.39, 0.29) is 4.90 Å². The number of likely N-dealkylation sites (N-methyl/N-ethyl adjacent to an activating group) is 1. The molecule has 0 aliphatic heterocycles.